The summed E-state index contributed by atoms with van der Waals surface area (Å²) in [7, 11) is -2.18. The maximum absolute atomic E-state index is 11.5. The van der Waals surface area contributed by atoms with Gasteiger partial charge in [0, 0.05) is 17.0 Å². The monoisotopic (exact) mass is 300 g/mol. The Hall–Kier alpha value is -2.58. The number of aromatic amines is 1. The van der Waals surface area contributed by atoms with Crippen LogP contribution in [0, 0.1) is 0 Å². The van der Waals surface area contributed by atoms with E-state index in [2.05, 4.69) is 4.98 Å². The molecule has 0 aliphatic carbocycles. The molecular weight excluding hydrogens is 285 g/mol. The van der Waals surface area contributed by atoms with Crippen molar-refractivity contribution in [3.8, 4) is 11.5 Å². The lowest BCUT2D eigenvalue weighted by molar-refractivity contribution is 0.415. The van der Waals surface area contributed by atoms with Crippen LogP contribution >= 0.6 is 8.25 Å². The molecule has 3 aromatic rings. The van der Waals surface area contributed by atoms with E-state index in [9.17, 15) is 4.57 Å². The van der Waals surface area contributed by atoms with Crippen molar-refractivity contribution in [3.05, 3.63) is 85.2 Å². The summed E-state index contributed by atoms with van der Waals surface area (Å²) >= 11 is 0. The standard InChI is InChI=1S/C12H10O3P.C4H5N/c13-16(14-11-7-3-1-4-8-11)15-12-9-5-2-6-10-12;1-2-4-5-3-1/h1-10H;1-5H/q+1;. The van der Waals surface area contributed by atoms with Crippen LogP contribution in [0.5, 0.6) is 11.5 Å². The smallest absolute Gasteiger partial charge is 0.368 e. The molecule has 1 N–H and O–H groups in total. The first-order chi connectivity index (χ1) is 10.3. The Morgan fingerprint density at radius 1 is 0.667 bits per heavy atom. The molecule has 0 radical (unpaired) electrons. The second kappa shape index (κ2) is 8.56. The molecule has 0 fully saturated rings. The number of nitrogens with one attached hydrogen (secondary N) is 1. The molecule has 1 aromatic heterocycles. The van der Waals surface area contributed by atoms with Gasteiger partial charge in [0.15, 0.2) is 11.5 Å². The minimum Gasteiger partial charge on any atom is -0.368 e. The minimum atomic E-state index is -2.18. The summed E-state index contributed by atoms with van der Waals surface area (Å²) in [5, 5.41) is 0. The number of rotatable bonds is 4. The van der Waals surface area contributed by atoms with Crippen molar-refractivity contribution >= 4 is 8.25 Å². The number of hydrogen-bond donors (Lipinski definition) is 1. The molecule has 4 nitrogen and oxygen atoms in total. The fourth-order valence-corrected chi connectivity index (χ4v) is 2.06. The highest BCUT2D eigenvalue weighted by Crippen LogP contribution is 2.29. The van der Waals surface area contributed by atoms with Gasteiger partial charge in [-0.15, -0.1) is 0 Å². The topological polar surface area (TPSA) is 51.3 Å². The van der Waals surface area contributed by atoms with Gasteiger partial charge in [0.05, 0.1) is 0 Å². The molecule has 3 rings (SSSR count). The van der Waals surface area contributed by atoms with Crippen molar-refractivity contribution in [1.29, 1.82) is 0 Å². The zero-order chi connectivity index (χ0) is 14.8. The summed E-state index contributed by atoms with van der Waals surface area (Å²) in [6, 6.07) is 21.7. The fourth-order valence-electron chi connectivity index (χ4n) is 1.43. The van der Waals surface area contributed by atoms with Crippen molar-refractivity contribution in [3.63, 3.8) is 0 Å². The van der Waals surface area contributed by atoms with Gasteiger partial charge in [0.25, 0.3) is 0 Å². The van der Waals surface area contributed by atoms with Gasteiger partial charge >= 0.3 is 8.25 Å². The molecule has 0 aliphatic heterocycles. The average Bonchev–Trinajstić information content (AvgIpc) is 3.09. The quantitative estimate of drug-likeness (QED) is 0.703. The highest BCUT2D eigenvalue weighted by Gasteiger charge is 2.23. The maximum atomic E-state index is 11.5. The largest absolute Gasteiger partial charge is 0.805 e. The van der Waals surface area contributed by atoms with Crippen molar-refractivity contribution in [2.45, 2.75) is 0 Å². The first-order valence-electron chi connectivity index (χ1n) is 6.35. The van der Waals surface area contributed by atoms with Gasteiger partial charge in [-0.2, -0.15) is 0 Å². The number of para-hydroxylation sites is 2. The molecule has 0 saturated heterocycles. The number of benzene rings is 2. The third-order valence-electron chi connectivity index (χ3n) is 2.34. The molecule has 0 saturated carbocycles. The lowest BCUT2D eigenvalue weighted by Crippen LogP contribution is -1.87. The molecule has 0 aliphatic rings. The van der Waals surface area contributed by atoms with E-state index in [-0.39, 0.29) is 0 Å². The Labute approximate surface area is 124 Å². The van der Waals surface area contributed by atoms with Crippen LogP contribution in [0.3, 0.4) is 0 Å². The van der Waals surface area contributed by atoms with Gasteiger partial charge in [0.1, 0.15) is 0 Å². The van der Waals surface area contributed by atoms with Crippen molar-refractivity contribution < 1.29 is 13.6 Å². The van der Waals surface area contributed by atoms with Gasteiger partial charge in [-0.25, -0.2) is 9.05 Å². The first kappa shape index (κ1) is 14.8. The molecule has 1 heterocycles. The summed E-state index contributed by atoms with van der Waals surface area (Å²) in [6.45, 7) is 0. The summed E-state index contributed by atoms with van der Waals surface area (Å²) < 4.78 is 21.7. The van der Waals surface area contributed by atoms with Gasteiger partial charge in [-0.05, 0) is 36.4 Å². The van der Waals surface area contributed by atoms with Crippen molar-refractivity contribution in [2.24, 2.45) is 0 Å². The predicted octanol–water partition coefficient (Wildman–Crippen LogP) is 4.82. The lowest BCUT2D eigenvalue weighted by Gasteiger charge is -1.92. The number of H-pyrrole nitrogens is 1. The van der Waals surface area contributed by atoms with Crippen LogP contribution in [0.25, 0.3) is 0 Å². The first-order valence-corrected chi connectivity index (χ1v) is 7.45. The van der Waals surface area contributed by atoms with Crippen LogP contribution in [0.2, 0.25) is 0 Å². The SMILES string of the molecule is O=[P+](Oc1ccccc1)Oc1ccccc1.c1cc[nH]c1. The summed E-state index contributed by atoms with van der Waals surface area (Å²) in [4.78, 5) is 2.86. The van der Waals surface area contributed by atoms with Crippen LogP contribution in [-0.4, -0.2) is 4.98 Å². The van der Waals surface area contributed by atoms with Crippen LogP contribution in [0.4, 0.5) is 0 Å². The fraction of sp³-hybridized carbons (Fsp3) is 0. The van der Waals surface area contributed by atoms with Gasteiger partial charge < -0.3 is 4.98 Å². The average molecular weight is 300 g/mol. The highest BCUT2D eigenvalue weighted by molar-refractivity contribution is 7.34. The third-order valence-corrected chi connectivity index (χ3v) is 3.06. The molecule has 0 bridgehead atoms. The molecule has 106 valence electrons. The Morgan fingerprint density at radius 2 is 1.10 bits per heavy atom. The van der Waals surface area contributed by atoms with E-state index in [0.717, 1.165) is 0 Å². The van der Waals surface area contributed by atoms with Crippen molar-refractivity contribution in [1.82, 2.24) is 4.98 Å². The summed E-state index contributed by atoms with van der Waals surface area (Å²) in [5.41, 5.74) is 0. The Kier molecular flexibility index (Phi) is 6.04. The van der Waals surface area contributed by atoms with Crippen LogP contribution < -0.4 is 9.05 Å². The van der Waals surface area contributed by atoms with Gasteiger partial charge in [-0.1, -0.05) is 36.4 Å². The molecule has 0 spiro atoms. The van der Waals surface area contributed by atoms with Gasteiger partial charge in [0.2, 0.25) is 0 Å². The zero-order valence-electron chi connectivity index (χ0n) is 11.3. The zero-order valence-corrected chi connectivity index (χ0v) is 12.1. The lowest BCUT2D eigenvalue weighted by atomic mass is 10.3. The third kappa shape index (κ3) is 5.93. The maximum Gasteiger partial charge on any atom is 0.805 e. The Bertz CT molecular complexity index is 566. The Morgan fingerprint density at radius 3 is 1.43 bits per heavy atom. The molecule has 0 atom stereocenters. The molecule has 0 amide bonds. The highest BCUT2D eigenvalue weighted by atomic mass is 31.1. The number of aromatic nitrogens is 1. The second-order valence-corrected chi connectivity index (χ2v) is 4.73. The number of hydrogen-bond acceptors (Lipinski definition) is 3. The molecule has 0 unspecified atom stereocenters. The molecule has 5 heteroatoms. The van der Waals surface area contributed by atoms with E-state index in [1.54, 1.807) is 48.5 Å². The van der Waals surface area contributed by atoms with E-state index in [0.29, 0.717) is 11.5 Å². The van der Waals surface area contributed by atoms with Crippen LogP contribution in [-0.2, 0) is 4.57 Å². The van der Waals surface area contributed by atoms with E-state index in [1.165, 1.54) is 0 Å². The minimum absolute atomic E-state index is 0.527. The van der Waals surface area contributed by atoms with Crippen LogP contribution in [0.15, 0.2) is 85.2 Å². The van der Waals surface area contributed by atoms with E-state index in [1.807, 2.05) is 36.7 Å². The van der Waals surface area contributed by atoms with Gasteiger partial charge in [-0.3, -0.25) is 0 Å². The van der Waals surface area contributed by atoms with E-state index >= 15 is 0 Å². The van der Waals surface area contributed by atoms with Crippen molar-refractivity contribution in [2.75, 3.05) is 0 Å². The predicted molar refractivity (Wildman–Crippen MR) is 82.5 cm³/mol. The Balaban J connectivity index is 0.000000272. The van der Waals surface area contributed by atoms with E-state index < -0.39 is 8.25 Å². The second-order valence-electron chi connectivity index (χ2n) is 3.92. The molecule has 2 aromatic carbocycles. The van der Waals surface area contributed by atoms with E-state index in [4.69, 9.17) is 9.05 Å². The normalized spacial score (nSPS) is 9.14. The molecular formula is C16H15NO3P+. The summed E-state index contributed by atoms with van der Waals surface area (Å²) in [6.07, 6.45) is 3.75. The summed E-state index contributed by atoms with van der Waals surface area (Å²) in [5.74, 6) is 1.05. The van der Waals surface area contributed by atoms with Crippen LogP contribution in [0.1, 0.15) is 0 Å². The molecule has 21 heavy (non-hydrogen) atoms.